The van der Waals surface area contributed by atoms with Crippen LogP contribution in [0, 0.1) is 5.92 Å². The minimum Gasteiger partial charge on any atom is -0.396 e. The van der Waals surface area contributed by atoms with Crippen LogP contribution < -0.4 is 0 Å². The molecule has 0 aliphatic heterocycles. The maximum absolute atomic E-state index is 9.65. The zero-order chi connectivity index (χ0) is 10.1. The largest absolute Gasteiger partial charge is 0.396 e. The number of unbranched alkanes of at least 4 members (excludes halogenated alkanes) is 2. The van der Waals surface area contributed by atoms with E-state index in [1.54, 1.807) is 0 Å². The van der Waals surface area contributed by atoms with Gasteiger partial charge in [-0.05, 0) is 12.8 Å². The third kappa shape index (κ3) is 6.05. The van der Waals surface area contributed by atoms with Crippen molar-refractivity contribution in [3.05, 3.63) is 0 Å². The minimum atomic E-state index is -0.299. The number of aliphatic hydroxyl groups is 2. The van der Waals surface area contributed by atoms with Crippen LogP contribution in [0.25, 0.3) is 0 Å². The summed E-state index contributed by atoms with van der Waals surface area (Å²) in [7, 11) is 0. The van der Waals surface area contributed by atoms with Crippen LogP contribution in [0.15, 0.2) is 0 Å². The van der Waals surface area contributed by atoms with Crippen LogP contribution in [0.2, 0.25) is 0 Å². The van der Waals surface area contributed by atoms with Gasteiger partial charge in [0.1, 0.15) is 0 Å². The first-order valence-corrected chi connectivity index (χ1v) is 5.55. The third-order valence-electron chi connectivity index (χ3n) is 2.54. The van der Waals surface area contributed by atoms with Crippen LogP contribution in [-0.4, -0.2) is 22.9 Å². The summed E-state index contributed by atoms with van der Waals surface area (Å²) in [6, 6.07) is 0. The van der Waals surface area contributed by atoms with Crippen molar-refractivity contribution in [2.75, 3.05) is 6.61 Å². The Morgan fingerprint density at radius 3 is 2.15 bits per heavy atom. The van der Waals surface area contributed by atoms with Crippen LogP contribution >= 0.6 is 0 Å². The molecule has 0 heterocycles. The molecule has 0 saturated heterocycles. The van der Waals surface area contributed by atoms with E-state index in [0.717, 1.165) is 25.7 Å². The van der Waals surface area contributed by atoms with Crippen molar-refractivity contribution in [2.24, 2.45) is 5.92 Å². The smallest absolute Gasteiger partial charge is 0.0590 e. The van der Waals surface area contributed by atoms with Crippen molar-refractivity contribution >= 4 is 0 Å². The lowest BCUT2D eigenvalue weighted by Gasteiger charge is -2.20. The third-order valence-corrected chi connectivity index (χ3v) is 2.54. The van der Waals surface area contributed by atoms with Crippen molar-refractivity contribution in [1.82, 2.24) is 0 Å². The average Bonchev–Trinajstić information content (AvgIpc) is 2.13. The summed E-state index contributed by atoms with van der Waals surface area (Å²) in [5.41, 5.74) is 0. The predicted molar refractivity (Wildman–Crippen MR) is 55.6 cm³/mol. The topological polar surface area (TPSA) is 40.5 Å². The van der Waals surface area contributed by atoms with Gasteiger partial charge in [-0.25, -0.2) is 0 Å². The zero-order valence-corrected chi connectivity index (χ0v) is 9.00. The molecule has 13 heavy (non-hydrogen) atoms. The quantitative estimate of drug-likeness (QED) is 0.574. The highest BCUT2D eigenvalue weighted by atomic mass is 16.3. The van der Waals surface area contributed by atoms with Gasteiger partial charge in [-0.2, -0.15) is 0 Å². The Kier molecular flexibility index (Phi) is 8.46. The number of rotatable bonds is 8. The lowest BCUT2D eigenvalue weighted by atomic mass is 9.93. The summed E-state index contributed by atoms with van der Waals surface area (Å²) in [5, 5.41) is 18.7. The first-order chi connectivity index (χ1) is 6.26. The van der Waals surface area contributed by atoms with Gasteiger partial charge in [0.15, 0.2) is 0 Å². The summed E-state index contributed by atoms with van der Waals surface area (Å²) in [6.45, 7) is 4.35. The van der Waals surface area contributed by atoms with E-state index >= 15 is 0 Å². The maximum atomic E-state index is 9.65. The van der Waals surface area contributed by atoms with Crippen molar-refractivity contribution in [3.63, 3.8) is 0 Å². The number of hydrogen-bond acceptors (Lipinski definition) is 2. The van der Waals surface area contributed by atoms with Crippen molar-refractivity contribution < 1.29 is 10.2 Å². The normalized spacial score (nSPS) is 15.7. The second-order valence-electron chi connectivity index (χ2n) is 3.79. The van der Waals surface area contributed by atoms with E-state index in [-0.39, 0.29) is 18.6 Å². The molecule has 0 saturated carbocycles. The maximum Gasteiger partial charge on any atom is 0.0590 e. The molecule has 2 nitrogen and oxygen atoms in total. The van der Waals surface area contributed by atoms with Gasteiger partial charge in [0.25, 0.3) is 0 Å². The fourth-order valence-corrected chi connectivity index (χ4v) is 1.59. The molecule has 0 radical (unpaired) electrons. The Balaban J connectivity index is 3.60. The Morgan fingerprint density at radius 1 is 1.00 bits per heavy atom. The molecule has 0 bridgehead atoms. The molecule has 0 fully saturated rings. The molecule has 80 valence electrons. The van der Waals surface area contributed by atoms with Crippen LogP contribution in [0.4, 0.5) is 0 Å². The van der Waals surface area contributed by atoms with E-state index in [4.69, 9.17) is 5.11 Å². The molecule has 0 aliphatic rings. The fourth-order valence-electron chi connectivity index (χ4n) is 1.59. The zero-order valence-electron chi connectivity index (χ0n) is 9.00. The summed E-state index contributed by atoms with van der Waals surface area (Å²) >= 11 is 0. The van der Waals surface area contributed by atoms with E-state index in [2.05, 4.69) is 13.8 Å². The number of aliphatic hydroxyl groups excluding tert-OH is 2. The van der Waals surface area contributed by atoms with Crippen molar-refractivity contribution in [1.29, 1.82) is 0 Å². The first-order valence-electron chi connectivity index (χ1n) is 5.55. The van der Waals surface area contributed by atoms with Gasteiger partial charge in [-0.1, -0.05) is 39.5 Å². The SMILES string of the molecule is CCCCCC(CO)C(O)CCC. The summed E-state index contributed by atoms with van der Waals surface area (Å²) in [4.78, 5) is 0. The molecule has 0 aromatic heterocycles. The van der Waals surface area contributed by atoms with Gasteiger partial charge < -0.3 is 10.2 Å². The van der Waals surface area contributed by atoms with Crippen molar-refractivity contribution in [3.8, 4) is 0 Å². The van der Waals surface area contributed by atoms with Gasteiger partial charge in [0, 0.05) is 12.5 Å². The first kappa shape index (κ1) is 12.9. The van der Waals surface area contributed by atoms with Gasteiger partial charge in [0.05, 0.1) is 6.10 Å². The Labute approximate surface area is 82.0 Å². The van der Waals surface area contributed by atoms with Crippen LogP contribution in [0.5, 0.6) is 0 Å². The molecule has 0 rings (SSSR count). The van der Waals surface area contributed by atoms with Crippen LogP contribution in [-0.2, 0) is 0 Å². The van der Waals surface area contributed by atoms with Gasteiger partial charge in [0.2, 0.25) is 0 Å². The van der Waals surface area contributed by atoms with Crippen molar-refractivity contribution in [2.45, 2.75) is 58.5 Å². The molecule has 2 N–H and O–H groups in total. The van der Waals surface area contributed by atoms with Crippen LogP contribution in [0.3, 0.4) is 0 Å². The Hall–Kier alpha value is -0.0800. The molecular weight excluding hydrogens is 164 g/mol. The molecule has 2 atom stereocenters. The Morgan fingerprint density at radius 2 is 1.69 bits per heavy atom. The lowest BCUT2D eigenvalue weighted by Crippen LogP contribution is -2.23. The van der Waals surface area contributed by atoms with E-state index in [0.29, 0.717) is 0 Å². The Bertz CT molecular complexity index is 104. The van der Waals surface area contributed by atoms with E-state index in [1.807, 2.05) is 0 Å². The van der Waals surface area contributed by atoms with E-state index in [9.17, 15) is 5.11 Å². The summed E-state index contributed by atoms with van der Waals surface area (Å²) < 4.78 is 0. The molecule has 0 amide bonds. The van der Waals surface area contributed by atoms with Gasteiger partial charge in [-0.3, -0.25) is 0 Å². The molecule has 0 aliphatic carbocycles. The molecule has 0 spiro atoms. The predicted octanol–water partition coefficient (Wildman–Crippen LogP) is 2.34. The van der Waals surface area contributed by atoms with Crippen LogP contribution in [0.1, 0.15) is 52.4 Å². The highest BCUT2D eigenvalue weighted by Gasteiger charge is 2.16. The summed E-state index contributed by atoms with van der Waals surface area (Å²) in [6.07, 6.45) is 6.00. The monoisotopic (exact) mass is 188 g/mol. The van der Waals surface area contributed by atoms with E-state index < -0.39 is 0 Å². The fraction of sp³-hybridized carbons (Fsp3) is 1.00. The molecular formula is C11H24O2. The van der Waals surface area contributed by atoms with Gasteiger partial charge in [-0.15, -0.1) is 0 Å². The minimum absolute atomic E-state index is 0.103. The standard InChI is InChI=1S/C11H24O2/c1-3-5-6-8-10(9-12)11(13)7-4-2/h10-13H,3-9H2,1-2H3. The van der Waals surface area contributed by atoms with E-state index in [1.165, 1.54) is 12.8 Å². The van der Waals surface area contributed by atoms with Gasteiger partial charge >= 0.3 is 0 Å². The lowest BCUT2D eigenvalue weighted by molar-refractivity contribution is 0.0543. The molecule has 0 aromatic carbocycles. The second-order valence-corrected chi connectivity index (χ2v) is 3.79. The molecule has 0 aromatic rings. The molecule has 2 unspecified atom stereocenters. The molecule has 2 heteroatoms. The average molecular weight is 188 g/mol. The summed E-state index contributed by atoms with van der Waals surface area (Å²) in [5.74, 6) is 0.103. The number of hydrogen-bond donors (Lipinski definition) is 2. The highest BCUT2D eigenvalue weighted by molar-refractivity contribution is 4.67. The second kappa shape index (κ2) is 8.52. The highest BCUT2D eigenvalue weighted by Crippen LogP contribution is 2.16.